The highest BCUT2D eigenvalue weighted by Crippen LogP contribution is 2.33. The van der Waals surface area contributed by atoms with Crippen LogP contribution in [0, 0.1) is 0 Å². The Balaban J connectivity index is 1.49. The van der Waals surface area contributed by atoms with Crippen LogP contribution in [-0.2, 0) is 30.2 Å². The first-order chi connectivity index (χ1) is 14.8. The summed E-state index contributed by atoms with van der Waals surface area (Å²) in [6.07, 6.45) is -2.79. The van der Waals surface area contributed by atoms with Crippen molar-refractivity contribution in [2.45, 2.75) is 38.3 Å². The fourth-order valence-corrected chi connectivity index (χ4v) is 3.78. The molecule has 3 nitrogen and oxygen atoms in total. The minimum atomic E-state index is -4.49. The molecule has 3 rings (SSSR count). The van der Waals surface area contributed by atoms with Gasteiger partial charge in [0.05, 0.1) is 5.56 Å². The molecule has 0 aliphatic carbocycles. The Labute approximate surface area is 179 Å². The van der Waals surface area contributed by atoms with Gasteiger partial charge in [-0.3, -0.25) is 4.79 Å². The van der Waals surface area contributed by atoms with Crippen molar-refractivity contribution in [1.29, 1.82) is 0 Å². The van der Waals surface area contributed by atoms with E-state index >= 15 is 0 Å². The van der Waals surface area contributed by atoms with Crippen molar-refractivity contribution in [3.8, 4) is 0 Å². The van der Waals surface area contributed by atoms with Crippen LogP contribution in [0.3, 0.4) is 0 Å². The van der Waals surface area contributed by atoms with Crippen molar-refractivity contribution in [2.24, 2.45) is 0 Å². The zero-order valence-electron chi connectivity index (χ0n) is 17.2. The largest absolute Gasteiger partial charge is 0.481 e. The van der Waals surface area contributed by atoms with Gasteiger partial charge in [0.15, 0.2) is 0 Å². The molecule has 0 radical (unpaired) electrons. The summed E-state index contributed by atoms with van der Waals surface area (Å²) in [6.45, 7) is 1.52. The zero-order chi connectivity index (χ0) is 22.3. The maximum Gasteiger partial charge on any atom is 0.416 e. The molecule has 0 aromatic heterocycles. The van der Waals surface area contributed by atoms with Gasteiger partial charge in [0, 0.05) is 6.42 Å². The van der Waals surface area contributed by atoms with Gasteiger partial charge >= 0.3 is 12.1 Å². The number of carboxylic acids is 1. The van der Waals surface area contributed by atoms with E-state index in [-0.39, 0.29) is 18.4 Å². The predicted octanol–water partition coefficient (Wildman–Crippen LogP) is 5.64. The fraction of sp³-hybridized carbons (Fsp3) is 0.320. The molecular weight excluding hydrogens is 403 g/mol. The molecule has 0 spiro atoms. The third-order valence-corrected chi connectivity index (χ3v) is 5.36. The second kappa shape index (κ2) is 10.4. The monoisotopic (exact) mass is 429 g/mol. The lowest BCUT2D eigenvalue weighted by Crippen LogP contribution is -2.19. The molecule has 0 amide bonds. The SMILES string of the molecule is O=C(O)CCc1ccc(CCCNCCc2cccc3ccccc23)cc1C(F)(F)F. The molecule has 0 aliphatic heterocycles. The number of rotatable bonds is 10. The number of aryl methyl sites for hydroxylation is 2. The summed E-state index contributed by atoms with van der Waals surface area (Å²) in [5, 5.41) is 14.6. The molecule has 0 saturated heterocycles. The standard InChI is InChI=1S/C25H26F3NO2/c26-25(27,28)23-17-18(10-11-21(23)12-13-24(30)31)5-4-15-29-16-14-20-8-3-7-19-6-1-2-9-22(19)20/h1-3,6-11,17,29H,4-5,12-16H2,(H,30,31). The van der Waals surface area contributed by atoms with E-state index in [1.807, 2.05) is 12.1 Å². The molecule has 6 heteroatoms. The molecule has 0 saturated carbocycles. The molecule has 2 N–H and O–H groups in total. The molecule has 0 unspecified atom stereocenters. The van der Waals surface area contributed by atoms with E-state index in [9.17, 15) is 18.0 Å². The molecule has 164 valence electrons. The van der Waals surface area contributed by atoms with Crippen LogP contribution >= 0.6 is 0 Å². The van der Waals surface area contributed by atoms with Crippen LogP contribution in [-0.4, -0.2) is 24.2 Å². The molecule has 0 heterocycles. The maximum atomic E-state index is 13.4. The minimum Gasteiger partial charge on any atom is -0.481 e. The maximum absolute atomic E-state index is 13.4. The molecule has 3 aromatic carbocycles. The van der Waals surface area contributed by atoms with Crippen LogP contribution in [0.2, 0.25) is 0 Å². The number of hydrogen-bond acceptors (Lipinski definition) is 2. The number of aliphatic carboxylic acids is 1. The number of carboxylic acid groups (broad SMARTS) is 1. The van der Waals surface area contributed by atoms with Crippen LogP contribution in [0.25, 0.3) is 10.8 Å². The summed E-state index contributed by atoms with van der Waals surface area (Å²) in [5.74, 6) is -1.10. The van der Waals surface area contributed by atoms with Gasteiger partial charge in [-0.2, -0.15) is 13.2 Å². The summed E-state index contributed by atoms with van der Waals surface area (Å²) >= 11 is 0. The highest BCUT2D eigenvalue weighted by atomic mass is 19.4. The lowest BCUT2D eigenvalue weighted by molar-refractivity contribution is -0.140. The Hall–Kier alpha value is -2.86. The quantitative estimate of drug-likeness (QED) is 0.410. The molecule has 3 aromatic rings. The van der Waals surface area contributed by atoms with Gasteiger partial charge < -0.3 is 10.4 Å². The number of hydrogen-bond donors (Lipinski definition) is 2. The second-order valence-corrected chi connectivity index (χ2v) is 7.62. The number of alkyl halides is 3. The number of halogens is 3. The summed E-state index contributed by atoms with van der Waals surface area (Å²) in [7, 11) is 0. The summed E-state index contributed by atoms with van der Waals surface area (Å²) in [5.41, 5.74) is 1.20. The number of nitrogens with one attached hydrogen (secondary N) is 1. The van der Waals surface area contributed by atoms with Crippen molar-refractivity contribution >= 4 is 16.7 Å². The Morgan fingerprint density at radius 2 is 1.65 bits per heavy atom. The Morgan fingerprint density at radius 3 is 2.42 bits per heavy atom. The Bertz CT molecular complexity index is 1030. The van der Waals surface area contributed by atoms with Crippen LogP contribution in [0.15, 0.2) is 60.7 Å². The van der Waals surface area contributed by atoms with Crippen LogP contribution in [0.1, 0.15) is 35.1 Å². The van der Waals surface area contributed by atoms with E-state index in [2.05, 4.69) is 35.6 Å². The molecular formula is C25H26F3NO2. The lowest BCUT2D eigenvalue weighted by Gasteiger charge is -2.14. The third-order valence-electron chi connectivity index (χ3n) is 5.36. The first-order valence-corrected chi connectivity index (χ1v) is 10.4. The number of carbonyl (C=O) groups is 1. The van der Waals surface area contributed by atoms with Gasteiger partial charge in [0.1, 0.15) is 0 Å². The van der Waals surface area contributed by atoms with E-state index in [1.165, 1.54) is 22.4 Å². The van der Waals surface area contributed by atoms with Crippen molar-refractivity contribution in [2.75, 3.05) is 13.1 Å². The molecule has 0 bridgehead atoms. The van der Waals surface area contributed by atoms with E-state index in [4.69, 9.17) is 5.11 Å². The van der Waals surface area contributed by atoms with Gasteiger partial charge in [0.25, 0.3) is 0 Å². The average Bonchev–Trinajstić information content (AvgIpc) is 2.74. The van der Waals surface area contributed by atoms with E-state index in [0.717, 1.165) is 25.5 Å². The molecule has 0 atom stereocenters. The predicted molar refractivity (Wildman–Crippen MR) is 116 cm³/mol. The van der Waals surface area contributed by atoms with Crippen LogP contribution in [0.5, 0.6) is 0 Å². The normalized spacial score (nSPS) is 11.7. The number of fused-ring (bicyclic) bond motifs is 1. The van der Waals surface area contributed by atoms with Crippen molar-refractivity contribution in [1.82, 2.24) is 5.32 Å². The van der Waals surface area contributed by atoms with Crippen molar-refractivity contribution in [3.05, 3.63) is 82.9 Å². The molecule has 0 fully saturated rings. The third kappa shape index (κ3) is 6.56. The Morgan fingerprint density at radius 1 is 0.871 bits per heavy atom. The van der Waals surface area contributed by atoms with Crippen molar-refractivity contribution < 1.29 is 23.1 Å². The summed E-state index contributed by atoms with van der Waals surface area (Å²) in [6, 6.07) is 18.8. The lowest BCUT2D eigenvalue weighted by atomic mass is 9.97. The number of benzene rings is 3. The van der Waals surface area contributed by atoms with Gasteiger partial charge in [-0.25, -0.2) is 0 Å². The average molecular weight is 429 g/mol. The summed E-state index contributed by atoms with van der Waals surface area (Å²) in [4.78, 5) is 10.7. The first kappa shape index (κ1) is 22.8. The van der Waals surface area contributed by atoms with Crippen LogP contribution in [0.4, 0.5) is 13.2 Å². The van der Waals surface area contributed by atoms with Crippen molar-refractivity contribution in [3.63, 3.8) is 0 Å². The highest BCUT2D eigenvalue weighted by molar-refractivity contribution is 5.85. The first-order valence-electron chi connectivity index (χ1n) is 10.4. The second-order valence-electron chi connectivity index (χ2n) is 7.62. The summed E-state index contributed by atoms with van der Waals surface area (Å²) < 4.78 is 40.1. The van der Waals surface area contributed by atoms with Gasteiger partial charge in [-0.15, -0.1) is 0 Å². The van der Waals surface area contributed by atoms with E-state index in [1.54, 1.807) is 6.07 Å². The fourth-order valence-electron chi connectivity index (χ4n) is 3.78. The van der Waals surface area contributed by atoms with Gasteiger partial charge in [0.2, 0.25) is 0 Å². The zero-order valence-corrected chi connectivity index (χ0v) is 17.2. The Kier molecular flexibility index (Phi) is 7.69. The van der Waals surface area contributed by atoms with E-state index < -0.39 is 17.7 Å². The van der Waals surface area contributed by atoms with Crippen LogP contribution < -0.4 is 5.32 Å². The van der Waals surface area contributed by atoms with Gasteiger partial charge in [-0.1, -0.05) is 54.6 Å². The smallest absolute Gasteiger partial charge is 0.416 e. The van der Waals surface area contributed by atoms with Gasteiger partial charge in [-0.05, 0) is 72.3 Å². The highest BCUT2D eigenvalue weighted by Gasteiger charge is 2.33. The topological polar surface area (TPSA) is 49.3 Å². The molecule has 0 aliphatic rings. The molecule has 31 heavy (non-hydrogen) atoms. The minimum absolute atomic E-state index is 0.0341. The van der Waals surface area contributed by atoms with E-state index in [0.29, 0.717) is 18.5 Å².